The second-order valence-corrected chi connectivity index (χ2v) is 3.14. The number of hydrogen-bond acceptors (Lipinski definition) is 2. The summed E-state index contributed by atoms with van der Waals surface area (Å²) in [6.07, 6.45) is 1.92. The molecule has 0 amide bonds. The lowest BCUT2D eigenvalue weighted by molar-refractivity contribution is -0.133. The maximum Gasteiger partial charge on any atom is 0.332 e. The van der Waals surface area contributed by atoms with E-state index in [-0.39, 0.29) is 12.0 Å². The molecule has 3 nitrogen and oxygen atoms in total. The molecule has 0 radical (unpaired) electrons. The first-order chi connectivity index (χ1) is 7.70. The van der Waals surface area contributed by atoms with E-state index in [2.05, 4.69) is 6.58 Å². The van der Waals surface area contributed by atoms with Crippen LogP contribution in [-0.4, -0.2) is 17.4 Å². The number of carboxylic acid groups (broad SMARTS) is 1. The van der Waals surface area contributed by atoms with Crippen molar-refractivity contribution in [2.45, 2.75) is 6.42 Å². The van der Waals surface area contributed by atoms with Crippen molar-refractivity contribution in [3.05, 3.63) is 54.1 Å². The van der Waals surface area contributed by atoms with Gasteiger partial charge in [-0.25, -0.2) is 4.79 Å². The van der Waals surface area contributed by atoms with Crippen LogP contribution in [0, 0.1) is 0 Å². The van der Waals surface area contributed by atoms with Crippen molar-refractivity contribution in [2.75, 3.05) is 0 Å². The first kappa shape index (κ1) is 11.9. The highest BCUT2D eigenvalue weighted by Crippen LogP contribution is 2.21. The average molecular weight is 216 g/mol. The third-order valence-electron chi connectivity index (χ3n) is 2.16. The molecule has 16 heavy (non-hydrogen) atoms. The van der Waals surface area contributed by atoms with E-state index >= 15 is 0 Å². The summed E-state index contributed by atoms with van der Waals surface area (Å²) in [5, 5.41) is 9.00. The van der Waals surface area contributed by atoms with Crippen LogP contribution in [-0.2, 0) is 9.59 Å². The van der Waals surface area contributed by atoms with Crippen LogP contribution in [0.15, 0.2) is 48.6 Å². The van der Waals surface area contributed by atoms with Crippen LogP contribution in [0.3, 0.4) is 0 Å². The standard InChI is InChI=1S/C13H12O3/c1-2-11(10-6-4-3-5-7-10)12(8-9-14)13(15)16/h2-7,9H,1,8H2,(H,15,16). The number of carbonyl (C=O) groups excluding carboxylic acids is 1. The number of carbonyl (C=O) groups is 2. The Hall–Kier alpha value is -2.16. The molecule has 3 heteroatoms. The molecule has 0 spiro atoms. The zero-order chi connectivity index (χ0) is 12.0. The quantitative estimate of drug-likeness (QED) is 0.466. The maximum absolute atomic E-state index is 11.0. The molecule has 0 aromatic heterocycles. The summed E-state index contributed by atoms with van der Waals surface area (Å²) >= 11 is 0. The number of allylic oxidation sites excluding steroid dienone is 2. The maximum atomic E-state index is 11.0. The van der Waals surface area contributed by atoms with Gasteiger partial charge in [0.15, 0.2) is 0 Å². The Morgan fingerprint density at radius 1 is 1.31 bits per heavy atom. The number of benzene rings is 1. The predicted molar refractivity (Wildman–Crippen MR) is 61.9 cm³/mol. The summed E-state index contributed by atoms with van der Waals surface area (Å²) in [6, 6.07) is 9.01. The minimum atomic E-state index is -1.09. The molecule has 0 saturated carbocycles. The zero-order valence-corrected chi connectivity index (χ0v) is 8.72. The van der Waals surface area contributed by atoms with Gasteiger partial charge in [-0.15, -0.1) is 0 Å². The largest absolute Gasteiger partial charge is 0.478 e. The van der Waals surface area contributed by atoms with Crippen LogP contribution in [0.25, 0.3) is 5.57 Å². The molecule has 1 N–H and O–H groups in total. The first-order valence-corrected chi connectivity index (χ1v) is 4.78. The number of rotatable bonds is 5. The normalized spacial score (nSPS) is 11.5. The predicted octanol–water partition coefficient (Wildman–Crippen LogP) is 2.30. The molecular formula is C13H12O3. The SMILES string of the molecule is C=CC(=C(CC=O)C(=O)O)c1ccccc1. The Morgan fingerprint density at radius 3 is 2.38 bits per heavy atom. The van der Waals surface area contributed by atoms with Crippen molar-refractivity contribution >= 4 is 17.8 Å². The second-order valence-electron chi connectivity index (χ2n) is 3.14. The van der Waals surface area contributed by atoms with Crippen molar-refractivity contribution < 1.29 is 14.7 Å². The van der Waals surface area contributed by atoms with E-state index in [4.69, 9.17) is 5.11 Å². The Morgan fingerprint density at radius 2 is 1.94 bits per heavy atom. The molecule has 82 valence electrons. The second kappa shape index (κ2) is 5.66. The minimum Gasteiger partial charge on any atom is -0.478 e. The minimum absolute atomic E-state index is 0.0659. The van der Waals surface area contributed by atoms with Gasteiger partial charge >= 0.3 is 5.97 Å². The number of aldehydes is 1. The highest BCUT2D eigenvalue weighted by Gasteiger charge is 2.12. The van der Waals surface area contributed by atoms with E-state index in [1.807, 2.05) is 6.07 Å². The number of aliphatic carboxylic acids is 1. The number of hydrogen-bond donors (Lipinski definition) is 1. The molecule has 1 aromatic carbocycles. The summed E-state index contributed by atoms with van der Waals surface area (Å²) in [5.41, 5.74) is 1.30. The average Bonchev–Trinajstić information content (AvgIpc) is 2.30. The van der Waals surface area contributed by atoms with E-state index in [0.717, 1.165) is 5.56 Å². The van der Waals surface area contributed by atoms with E-state index < -0.39 is 5.97 Å². The fourth-order valence-electron chi connectivity index (χ4n) is 1.43. The highest BCUT2D eigenvalue weighted by atomic mass is 16.4. The smallest absolute Gasteiger partial charge is 0.332 e. The monoisotopic (exact) mass is 216 g/mol. The van der Waals surface area contributed by atoms with Crippen LogP contribution >= 0.6 is 0 Å². The fraction of sp³-hybridized carbons (Fsp3) is 0.0769. The molecule has 0 atom stereocenters. The van der Waals surface area contributed by atoms with Crippen LogP contribution in [0.1, 0.15) is 12.0 Å². The molecule has 0 aliphatic rings. The summed E-state index contributed by atoms with van der Waals surface area (Å²) in [6.45, 7) is 3.59. The molecule has 0 heterocycles. The van der Waals surface area contributed by atoms with Gasteiger partial charge in [-0.3, -0.25) is 0 Å². The summed E-state index contributed by atoms with van der Waals surface area (Å²) in [5.74, 6) is -1.09. The Labute approximate surface area is 93.7 Å². The van der Waals surface area contributed by atoms with Gasteiger partial charge in [0.25, 0.3) is 0 Å². The van der Waals surface area contributed by atoms with Crippen molar-refractivity contribution in [2.24, 2.45) is 0 Å². The van der Waals surface area contributed by atoms with E-state index in [1.165, 1.54) is 6.08 Å². The third-order valence-corrected chi connectivity index (χ3v) is 2.16. The lowest BCUT2D eigenvalue weighted by atomic mass is 9.98. The summed E-state index contributed by atoms with van der Waals surface area (Å²) in [7, 11) is 0. The third kappa shape index (κ3) is 2.67. The molecule has 0 fully saturated rings. The van der Waals surface area contributed by atoms with Crippen molar-refractivity contribution in [1.82, 2.24) is 0 Å². The van der Waals surface area contributed by atoms with Crippen LogP contribution in [0.2, 0.25) is 0 Å². The zero-order valence-electron chi connectivity index (χ0n) is 8.72. The molecule has 1 rings (SSSR count). The van der Waals surface area contributed by atoms with Gasteiger partial charge in [-0.1, -0.05) is 43.0 Å². The van der Waals surface area contributed by atoms with E-state index in [1.54, 1.807) is 24.3 Å². The van der Waals surface area contributed by atoms with Gasteiger partial charge in [-0.05, 0) is 11.1 Å². The molecule has 1 aromatic rings. The topological polar surface area (TPSA) is 54.4 Å². The molecule has 0 unspecified atom stereocenters. The lowest BCUT2D eigenvalue weighted by Crippen LogP contribution is -2.04. The van der Waals surface area contributed by atoms with Crippen LogP contribution in [0.5, 0.6) is 0 Å². The van der Waals surface area contributed by atoms with Gasteiger partial charge < -0.3 is 9.90 Å². The molecule has 0 saturated heterocycles. The van der Waals surface area contributed by atoms with Crippen LogP contribution < -0.4 is 0 Å². The van der Waals surface area contributed by atoms with Crippen molar-refractivity contribution in [3.8, 4) is 0 Å². The van der Waals surface area contributed by atoms with Gasteiger partial charge in [0.2, 0.25) is 0 Å². The van der Waals surface area contributed by atoms with Crippen molar-refractivity contribution in [1.29, 1.82) is 0 Å². The van der Waals surface area contributed by atoms with Crippen molar-refractivity contribution in [3.63, 3.8) is 0 Å². The molecule has 0 aliphatic carbocycles. The van der Waals surface area contributed by atoms with E-state index in [0.29, 0.717) is 11.9 Å². The van der Waals surface area contributed by atoms with Gasteiger partial charge in [0, 0.05) is 6.42 Å². The Kier molecular flexibility index (Phi) is 4.21. The molecule has 0 aliphatic heterocycles. The fourth-order valence-corrected chi connectivity index (χ4v) is 1.43. The summed E-state index contributed by atoms with van der Waals surface area (Å²) in [4.78, 5) is 21.4. The Bertz CT molecular complexity index is 430. The van der Waals surface area contributed by atoms with E-state index in [9.17, 15) is 9.59 Å². The molecular weight excluding hydrogens is 204 g/mol. The van der Waals surface area contributed by atoms with Gasteiger partial charge in [-0.2, -0.15) is 0 Å². The van der Waals surface area contributed by atoms with Crippen LogP contribution in [0.4, 0.5) is 0 Å². The van der Waals surface area contributed by atoms with Gasteiger partial charge in [0.1, 0.15) is 6.29 Å². The highest BCUT2D eigenvalue weighted by molar-refractivity contribution is 6.01. The summed E-state index contributed by atoms with van der Waals surface area (Å²) < 4.78 is 0. The number of carboxylic acids is 1. The Balaban J connectivity index is 3.31. The molecule has 0 bridgehead atoms. The lowest BCUT2D eigenvalue weighted by Gasteiger charge is -2.06. The van der Waals surface area contributed by atoms with Gasteiger partial charge in [0.05, 0.1) is 5.57 Å². The first-order valence-electron chi connectivity index (χ1n) is 4.78.